The Labute approximate surface area is 135 Å². The summed E-state index contributed by atoms with van der Waals surface area (Å²) in [5.41, 5.74) is 2.51. The molecule has 0 bridgehead atoms. The van der Waals surface area contributed by atoms with Crippen molar-refractivity contribution in [1.29, 1.82) is 0 Å². The third-order valence-electron chi connectivity index (χ3n) is 3.44. The summed E-state index contributed by atoms with van der Waals surface area (Å²) >= 11 is 0. The second-order valence-electron chi connectivity index (χ2n) is 5.03. The fourth-order valence-corrected chi connectivity index (χ4v) is 2.05. The van der Waals surface area contributed by atoms with Gasteiger partial charge in [0.25, 0.3) is 5.90 Å². The van der Waals surface area contributed by atoms with E-state index in [1.54, 1.807) is 6.92 Å². The summed E-state index contributed by atoms with van der Waals surface area (Å²) in [5.74, 6) is 0.120. The van der Waals surface area contributed by atoms with Gasteiger partial charge in [0.15, 0.2) is 0 Å². The first kappa shape index (κ1) is 16.7. The molecule has 0 aliphatic heterocycles. The van der Waals surface area contributed by atoms with Crippen molar-refractivity contribution in [2.24, 2.45) is 17.3 Å². The lowest BCUT2D eigenvalue weighted by molar-refractivity contribution is 0.100. The predicted octanol–water partition coefficient (Wildman–Crippen LogP) is 3.88. The van der Waals surface area contributed by atoms with Gasteiger partial charge in [-0.15, -0.1) is 5.10 Å². The Morgan fingerprint density at radius 1 is 1.22 bits per heavy atom. The average Bonchev–Trinajstić information content (AvgIpc) is 2.88. The van der Waals surface area contributed by atoms with Crippen LogP contribution in [0, 0.1) is 0 Å². The van der Waals surface area contributed by atoms with Gasteiger partial charge in [-0.1, -0.05) is 25.1 Å². The molecule has 0 aliphatic carbocycles. The molecule has 0 N–H and O–H groups in total. The van der Waals surface area contributed by atoms with E-state index in [4.69, 9.17) is 9.47 Å². The predicted molar refractivity (Wildman–Crippen MR) is 91.0 cm³/mol. The van der Waals surface area contributed by atoms with Crippen molar-refractivity contribution in [2.75, 3.05) is 6.61 Å². The van der Waals surface area contributed by atoms with Gasteiger partial charge in [0.2, 0.25) is 0 Å². The molecule has 6 heteroatoms. The highest BCUT2D eigenvalue weighted by molar-refractivity contribution is 6.02. The molecular weight excluding hydrogens is 294 g/mol. The minimum atomic E-state index is -0.791. The fraction of sp³-hybridized carbons (Fsp3) is 0.353. The summed E-state index contributed by atoms with van der Waals surface area (Å²) in [6.45, 7) is 5.80. The maximum Gasteiger partial charge on any atom is 0.515 e. The van der Waals surface area contributed by atoms with Crippen LogP contribution < -0.4 is 0 Å². The van der Waals surface area contributed by atoms with Crippen molar-refractivity contribution < 1.29 is 14.3 Å². The quantitative estimate of drug-likeness (QED) is 0.372. The van der Waals surface area contributed by atoms with Gasteiger partial charge in [-0.25, -0.2) is 4.79 Å². The van der Waals surface area contributed by atoms with Crippen LogP contribution in [0.1, 0.15) is 32.9 Å². The molecule has 1 aromatic heterocycles. The van der Waals surface area contributed by atoms with Crippen molar-refractivity contribution in [3.8, 4) is 0 Å². The summed E-state index contributed by atoms with van der Waals surface area (Å²) in [6, 6.07) is 9.79. The maximum absolute atomic E-state index is 11.7. The maximum atomic E-state index is 11.7. The molecule has 0 spiro atoms. The molecule has 0 atom stereocenters. The van der Waals surface area contributed by atoms with Crippen LogP contribution in [0.25, 0.3) is 10.9 Å². The number of ether oxygens (including phenoxy) is 2. The first-order valence-electron chi connectivity index (χ1n) is 7.57. The zero-order chi connectivity index (χ0) is 16.8. The number of hydrogen-bond acceptors (Lipinski definition) is 5. The van der Waals surface area contributed by atoms with Gasteiger partial charge in [0.05, 0.1) is 6.61 Å². The molecule has 0 unspecified atom stereocenters. The van der Waals surface area contributed by atoms with E-state index in [-0.39, 0.29) is 12.5 Å². The topological polar surface area (TPSA) is 65.2 Å². The summed E-state index contributed by atoms with van der Waals surface area (Å²) < 4.78 is 12.0. The monoisotopic (exact) mass is 315 g/mol. The van der Waals surface area contributed by atoms with E-state index in [0.29, 0.717) is 5.69 Å². The Morgan fingerprint density at radius 3 is 2.61 bits per heavy atom. The Morgan fingerprint density at radius 2 is 1.96 bits per heavy atom. The average molecular weight is 315 g/mol. The number of para-hydroxylation sites is 1. The van der Waals surface area contributed by atoms with Crippen LogP contribution in [0.3, 0.4) is 0 Å². The van der Waals surface area contributed by atoms with Gasteiger partial charge in [0.1, 0.15) is 5.69 Å². The molecule has 0 radical (unpaired) electrons. The number of hydrogen-bond donors (Lipinski definition) is 0. The molecule has 1 aromatic carbocycles. The first-order valence-corrected chi connectivity index (χ1v) is 7.57. The minimum Gasteiger partial charge on any atom is -0.434 e. The van der Waals surface area contributed by atoms with Crippen molar-refractivity contribution in [3.63, 3.8) is 0 Å². The van der Waals surface area contributed by atoms with Gasteiger partial charge in [-0.05, 0) is 32.4 Å². The molecule has 23 heavy (non-hydrogen) atoms. The van der Waals surface area contributed by atoms with E-state index in [9.17, 15) is 4.79 Å². The highest BCUT2D eigenvalue weighted by Gasteiger charge is 2.17. The summed E-state index contributed by atoms with van der Waals surface area (Å²) in [5, 5.41) is 9.24. The second kappa shape index (κ2) is 7.58. The SMILES string of the molecule is CCOC(=O)O/C(=N/N=C(\C)CC)c1cc2ccccc2n1C. The number of rotatable bonds is 4. The molecule has 0 saturated carbocycles. The summed E-state index contributed by atoms with van der Waals surface area (Å²) in [4.78, 5) is 11.7. The lowest BCUT2D eigenvalue weighted by Crippen LogP contribution is -2.17. The Balaban J connectivity index is 2.46. The largest absolute Gasteiger partial charge is 0.515 e. The summed E-state index contributed by atoms with van der Waals surface area (Å²) in [6.07, 6.45) is -0.0217. The van der Waals surface area contributed by atoms with Gasteiger partial charge in [0, 0.05) is 23.7 Å². The van der Waals surface area contributed by atoms with Crippen molar-refractivity contribution in [2.45, 2.75) is 27.2 Å². The van der Waals surface area contributed by atoms with Crippen LogP contribution in [0.15, 0.2) is 40.5 Å². The molecule has 2 aromatic rings. The molecule has 0 amide bonds. The van der Waals surface area contributed by atoms with Gasteiger partial charge >= 0.3 is 6.16 Å². The first-order chi connectivity index (χ1) is 11.1. The van der Waals surface area contributed by atoms with E-state index in [1.807, 2.05) is 55.8 Å². The molecule has 2 rings (SSSR count). The Hall–Kier alpha value is -2.63. The third kappa shape index (κ3) is 3.97. The lowest BCUT2D eigenvalue weighted by Gasteiger charge is -2.07. The molecule has 1 heterocycles. The number of benzene rings is 1. The number of carbonyl (C=O) groups is 1. The van der Waals surface area contributed by atoms with Gasteiger partial charge in [-0.3, -0.25) is 0 Å². The smallest absolute Gasteiger partial charge is 0.434 e. The normalized spacial score (nSPS) is 12.5. The number of aryl methyl sites for hydroxylation is 1. The van der Waals surface area contributed by atoms with Crippen molar-refractivity contribution in [3.05, 3.63) is 36.0 Å². The van der Waals surface area contributed by atoms with E-state index in [2.05, 4.69) is 10.2 Å². The van der Waals surface area contributed by atoms with Crippen LogP contribution >= 0.6 is 0 Å². The van der Waals surface area contributed by atoms with Crippen molar-refractivity contribution in [1.82, 2.24) is 4.57 Å². The Bertz CT molecular complexity index is 760. The highest BCUT2D eigenvalue weighted by atomic mass is 16.7. The van der Waals surface area contributed by atoms with Gasteiger partial charge in [-0.2, -0.15) is 5.10 Å². The third-order valence-corrected chi connectivity index (χ3v) is 3.44. The highest BCUT2D eigenvalue weighted by Crippen LogP contribution is 2.19. The zero-order valence-corrected chi connectivity index (χ0v) is 13.9. The zero-order valence-electron chi connectivity index (χ0n) is 13.9. The number of nitrogens with zero attached hydrogens (tertiary/aromatic N) is 3. The van der Waals surface area contributed by atoms with Crippen LogP contribution in [0.2, 0.25) is 0 Å². The van der Waals surface area contributed by atoms with E-state index in [0.717, 1.165) is 23.0 Å². The second-order valence-corrected chi connectivity index (χ2v) is 5.03. The van der Waals surface area contributed by atoms with Crippen LogP contribution in [-0.2, 0) is 16.5 Å². The lowest BCUT2D eigenvalue weighted by atomic mass is 10.2. The summed E-state index contributed by atoms with van der Waals surface area (Å²) in [7, 11) is 1.89. The fourth-order valence-electron chi connectivity index (χ4n) is 2.05. The minimum absolute atomic E-state index is 0.120. The van der Waals surface area contributed by atoms with Crippen LogP contribution in [-0.4, -0.2) is 28.9 Å². The Kier molecular flexibility index (Phi) is 5.51. The molecule has 0 saturated heterocycles. The van der Waals surface area contributed by atoms with E-state index >= 15 is 0 Å². The molecule has 0 fully saturated rings. The number of carbonyl (C=O) groups excluding carboxylic acids is 1. The number of aromatic nitrogens is 1. The van der Waals surface area contributed by atoms with Crippen molar-refractivity contribution >= 4 is 28.7 Å². The van der Waals surface area contributed by atoms with Gasteiger partial charge < -0.3 is 14.0 Å². The number of fused-ring (bicyclic) bond motifs is 1. The molecule has 122 valence electrons. The van der Waals surface area contributed by atoms with Crippen LogP contribution in [0.4, 0.5) is 4.79 Å². The standard InChI is InChI=1S/C17H21N3O3/c1-5-12(3)18-19-16(23-17(21)22-6-2)15-11-13-9-7-8-10-14(13)20(15)4/h7-11H,5-6H2,1-4H3/b18-12+,19-16+. The molecule has 6 nitrogen and oxygen atoms in total. The van der Waals surface area contributed by atoms with Crippen LogP contribution in [0.5, 0.6) is 0 Å². The van der Waals surface area contributed by atoms with E-state index < -0.39 is 6.16 Å². The molecule has 0 aliphatic rings. The van der Waals surface area contributed by atoms with E-state index in [1.165, 1.54) is 0 Å². The molecular formula is C17H21N3O3.